The maximum atomic E-state index is 12.6. The minimum absolute atomic E-state index is 0.00198. The number of nitrogens with one attached hydrogen (secondary N) is 1. The summed E-state index contributed by atoms with van der Waals surface area (Å²) in [5.41, 5.74) is 7.65. The summed E-state index contributed by atoms with van der Waals surface area (Å²) in [4.78, 5) is 38.3. The molecule has 156 valence electrons. The van der Waals surface area contributed by atoms with Crippen molar-refractivity contribution < 1.29 is 14.4 Å². The molecule has 3 rings (SSSR count). The van der Waals surface area contributed by atoms with Crippen LogP contribution in [0.15, 0.2) is 29.4 Å². The topological polar surface area (TPSA) is 108 Å². The minimum atomic E-state index is -0.475. The number of hydrazone groups is 1. The van der Waals surface area contributed by atoms with Crippen LogP contribution in [-0.4, -0.2) is 53.5 Å². The first-order chi connectivity index (χ1) is 13.8. The number of amides is 3. The van der Waals surface area contributed by atoms with Crippen LogP contribution in [0.1, 0.15) is 50.4 Å². The van der Waals surface area contributed by atoms with Gasteiger partial charge in [0.25, 0.3) is 11.8 Å². The van der Waals surface area contributed by atoms with Gasteiger partial charge in [0.15, 0.2) is 0 Å². The molecule has 1 aromatic rings. The highest BCUT2D eigenvalue weighted by Gasteiger charge is 2.28. The summed E-state index contributed by atoms with van der Waals surface area (Å²) in [6.45, 7) is 6.86. The highest BCUT2D eigenvalue weighted by Crippen LogP contribution is 2.23. The minimum Gasteiger partial charge on any atom is -0.349 e. The molecule has 29 heavy (non-hydrogen) atoms. The van der Waals surface area contributed by atoms with Crippen LogP contribution in [-0.2, 0) is 9.59 Å². The number of benzene rings is 1. The Kier molecular flexibility index (Phi) is 6.32. The van der Waals surface area contributed by atoms with E-state index >= 15 is 0 Å². The average Bonchev–Trinajstić information content (AvgIpc) is 3.05. The molecule has 0 saturated carbocycles. The summed E-state index contributed by atoms with van der Waals surface area (Å²) in [5, 5.41) is 8.65. The Bertz CT molecular complexity index is 810. The largest absolute Gasteiger partial charge is 0.349 e. The third-order valence-electron chi connectivity index (χ3n) is 5.59. The van der Waals surface area contributed by atoms with Crippen LogP contribution in [0, 0.1) is 5.92 Å². The van der Waals surface area contributed by atoms with E-state index in [9.17, 15) is 14.4 Å². The summed E-state index contributed by atoms with van der Waals surface area (Å²) in [6.07, 6.45) is 2.01. The molecule has 0 aliphatic carbocycles. The molecule has 2 heterocycles. The van der Waals surface area contributed by atoms with Gasteiger partial charge >= 0.3 is 0 Å². The number of likely N-dealkylation sites (tertiary alicyclic amines) is 1. The van der Waals surface area contributed by atoms with Crippen molar-refractivity contribution in [3.63, 3.8) is 0 Å². The monoisotopic (exact) mass is 399 g/mol. The molecule has 8 heteroatoms. The quantitative estimate of drug-likeness (QED) is 0.782. The van der Waals surface area contributed by atoms with Crippen LogP contribution in [0.4, 0.5) is 5.69 Å². The number of anilines is 1. The summed E-state index contributed by atoms with van der Waals surface area (Å²) in [5.74, 6) is 0.0823. The number of nitrogens with zero attached hydrogens (tertiary/aromatic N) is 3. The molecule has 1 saturated heterocycles. The van der Waals surface area contributed by atoms with E-state index in [-0.39, 0.29) is 23.8 Å². The molecule has 1 aromatic carbocycles. The highest BCUT2D eigenvalue weighted by molar-refractivity contribution is 6.12. The molecular weight excluding hydrogens is 370 g/mol. The lowest BCUT2D eigenvalue weighted by molar-refractivity contribution is -0.133. The van der Waals surface area contributed by atoms with Crippen LogP contribution in [0.2, 0.25) is 0 Å². The van der Waals surface area contributed by atoms with Crippen molar-refractivity contribution >= 4 is 29.1 Å². The zero-order valence-corrected chi connectivity index (χ0v) is 17.2. The average molecular weight is 399 g/mol. The molecule has 0 spiro atoms. The third-order valence-corrected chi connectivity index (χ3v) is 5.59. The fourth-order valence-corrected chi connectivity index (χ4v) is 3.83. The van der Waals surface area contributed by atoms with Gasteiger partial charge in [-0.3, -0.25) is 14.4 Å². The zero-order chi connectivity index (χ0) is 21.1. The number of hydrogen-bond donors (Lipinski definition) is 2. The Hall–Kier alpha value is -2.74. The number of piperidine rings is 1. The van der Waals surface area contributed by atoms with Gasteiger partial charge in [-0.1, -0.05) is 0 Å². The van der Waals surface area contributed by atoms with Crippen LogP contribution in [0.25, 0.3) is 0 Å². The van der Waals surface area contributed by atoms with Gasteiger partial charge in [-0.05, 0) is 63.8 Å². The fourth-order valence-electron chi connectivity index (χ4n) is 3.83. The first-order valence-corrected chi connectivity index (χ1v) is 10.1. The molecule has 1 fully saturated rings. The second-order valence-electron chi connectivity index (χ2n) is 7.98. The molecule has 0 radical (unpaired) electrons. The Labute approximate surface area is 171 Å². The van der Waals surface area contributed by atoms with Gasteiger partial charge in [-0.15, -0.1) is 0 Å². The van der Waals surface area contributed by atoms with E-state index < -0.39 is 6.04 Å². The Morgan fingerprint density at radius 3 is 2.31 bits per heavy atom. The van der Waals surface area contributed by atoms with Crippen molar-refractivity contribution in [3.8, 4) is 0 Å². The third kappa shape index (κ3) is 4.82. The van der Waals surface area contributed by atoms with Crippen molar-refractivity contribution in [1.82, 2.24) is 10.2 Å². The van der Waals surface area contributed by atoms with Gasteiger partial charge in [0.05, 0.1) is 18.2 Å². The van der Waals surface area contributed by atoms with Crippen LogP contribution < -0.4 is 16.1 Å². The van der Waals surface area contributed by atoms with Crippen molar-refractivity contribution in [2.45, 2.75) is 52.1 Å². The molecule has 8 nitrogen and oxygen atoms in total. The molecule has 3 N–H and O–H groups in total. The van der Waals surface area contributed by atoms with E-state index in [4.69, 9.17) is 5.73 Å². The van der Waals surface area contributed by atoms with Gasteiger partial charge < -0.3 is 16.0 Å². The molecule has 2 aliphatic rings. The lowest BCUT2D eigenvalue weighted by Crippen LogP contribution is -2.49. The summed E-state index contributed by atoms with van der Waals surface area (Å²) >= 11 is 0. The summed E-state index contributed by atoms with van der Waals surface area (Å²) in [7, 11) is 0. The van der Waals surface area contributed by atoms with E-state index in [0.717, 1.165) is 18.6 Å². The molecule has 3 amide bonds. The normalized spacial score (nSPS) is 19.7. The fraction of sp³-hybridized carbons (Fsp3) is 0.524. The van der Waals surface area contributed by atoms with Crippen molar-refractivity contribution in [3.05, 3.63) is 29.8 Å². The maximum Gasteiger partial charge on any atom is 0.253 e. The first-order valence-electron chi connectivity index (χ1n) is 10.1. The SMILES string of the molecule is CC1=NN(c2ccc(C(=O)NC(C)C3CCN(C(=O)[C@H](C)N)CC3)cc2)C(=O)C1. The van der Waals surface area contributed by atoms with Gasteiger partial charge in [-0.25, -0.2) is 5.01 Å². The predicted octanol–water partition coefficient (Wildman–Crippen LogP) is 1.50. The molecule has 0 aromatic heterocycles. The number of nitrogens with two attached hydrogens (primary N) is 1. The number of rotatable bonds is 5. The van der Waals surface area contributed by atoms with Gasteiger partial charge in [0.1, 0.15) is 0 Å². The second kappa shape index (κ2) is 8.73. The van der Waals surface area contributed by atoms with Gasteiger partial charge in [0.2, 0.25) is 5.91 Å². The molecular formula is C21H29N5O3. The molecule has 0 bridgehead atoms. The van der Waals surface area contributed by atoms with E-state index in [1.165, 1.54) is 5.01 Å². The molecule has 2 aliphatic heterocycles. The highest BCUT2D eigenvalue weighted by atomic mass is 16.2. The van der Waals surface area contributed by atoms with Crippen molar-refractivity contribution in [2.24, 2.45) is 16.8 Å². The molecule has 1 unspecified atom stereocenters. The zero-order valence-electron chi connectivity index (χ0n) is 17.2. The smallest absolute Gasteiger partial charge is 0.253 e. The number of carbonyl (C=O) groups is 3. The van der Waals surface area contributed by atoms with Gasteiger partial charge in [-0.2, -0.15) is 5.10 Å². The van der Waals surface area contributed by atoms with Crippen LogP contribution in [0.3, 0.4) is 0 Å². The summed E-state index contributed by atoms with van der Waals surface area (Å²) < 4.78 is 0. The van der Waals surface area contributed by atoms with Crippen molar-refractivity contribution in [2.75, 3.05) is 18.1 Å². The lowest BCUT2D eigenvalue weighted by Gasteiger charge is -2.35. The van der Waals surface area contributed by atoms with Crippen molar-refractivity contribution in [1.29, 1.82) is 0 Å². The van der Waals surface area contributed by atoms with E-state index in [0.29, 0.717) is 36.7 Å². The van der Waals surface area contributed by atoms with E-state index in [2.05, 4.69) is 10.4 Å². The van der Waals surface area contributed by atoms with Crippen LogP contribution in [0.5, 0.6) is 0 Å². The van der Waals surface area contributed by atoms with Crippen LogP contribution >= 0.6 is 0 Å². The lowest BCUT2D eigenvalue weighted by atomic mass is 9.90. The molecule has 2 atom stereocenters. The predicted molar refractivity (Wildman–Crippen MR) is 112 cm³/mol. The first kappa shape index (κ1) is 21.0. The summed E-state index contributed by atoms with van der Waals surface area (Å²) in [6, 6.07) is 6.41. The number of carbonyl (C=O) groups excluding carboxylic acids is 3. The maximum absolute atomic E-state index is 12.6. The second-order valence-corrected chi connectivity index (χ2v) is 7.98. The van der Waals surface area contributed by atoms with Gasteiger partial charge in [0, 0.05) is 30.4 Å². The Morgan fingerprint density at radius 2 is 1.79 bits per heavy atom. The Balaban J connectivity index is 1.54. The van der Waals surface area contributed by atoms with E-state index in [1.807, 2.05) is 13.8 Å². The standard InChI is InChI=1S/C21H29N5O3/c1-13-12-19(27)26(24-13)18-6-4-17(5-7-18)20(28)23-15(3)16-8-10-25(11-9-16)21(29)14(2)22/h4-7,14-16H,8-12,22H2,1-3H3,(H,23,28)/t14-,15?/m0/s1. The number of hydrogen-bond acceptors (Lipinski definition) is 5. The Morgan fingerprint density at radius 1 is 1.17 bits per heavy atom. The van der Waals surface area contributed by atoms with E-state index in [1.54, 1.807) is 36.1 Å².